The van der Waals surface area contributed by atoms with Crippen LogP contribution in [0.4, 0.5) is 15.8 Å². The fraction of sp³-hybridized carbons (Fsp3) is 0.167. The fourth-order valence-electron chi connectivity index (χ4n) is 2.74. The second kappa shape index (κ2) is 10.2. The van der Waals surface area contributed by atoms with Crippen LogP contribution in [-0.4, -0.2) is 18.4 Å². The Morgan fingerprint density at radius 3 is 2.17 bits per heavy atom. The molecule has 30 heavy (non-hydrogen) atoms. The predicted octanol–water partition coefficient (Wildman–Crippen LogP) is 5.51. The van der Waals surface area contributed by atoms with Crippen molar-refractivity contribution in [3.05, 3.63) is 89.7 Å². The smallest absolute Gasteiger partial charge is 0.255 e. The number of nitrogens with one attached hydrogen (secondary N) is 2. The number of benzene rings is 3. The van der Waals surface area contributed by atoms with Crippen molar-refractivity contribution in [2.24, 2.45) is 0 Å². The van der Waals surface area contributed by atoms with Gasteiger partial charge in [0.15, 0.2) is 0 Å². The summed E-state index contributed by atoms with van der Waals surface area (Å²) in [6.07, 6.45) is 1.98. The lowest BCUT2D eigenvalue weighted by Crippen LogP contribution is -2.14. The summed E-state index contributed by atoms with van der Waals surface area (Å²) in [5, 5.41) is 5.49. The lowest BCUT2D eigenvalue weighted by molar-refractivity contribution is 0.101. The average Bonchev–Trinajstić information content (AvgIpc) is 2.76. The monoisotopic (exact) mass is 406 g/mol. The van der Waals surface area contributed by atoms with Gasteiger partial charge in [0.2, 0.25) is 0 Å². The van der Waals surface area contributed by atoms with Gasteiger partial charge in [0.1, 0.15) is 11.6 Å². The van der Waals surface area contributed by atoms with Crippen molar-refractivity contribution in [2.45, 2.75) is 19.8 Å². The molecule has 0 aliphatic heterocycles. The van der Waals surface area contributed by atoms with Crippen LogP contribution in [0.25, 0.3) is 0 Å². The Kier molecular flexibility index (Phi) is 7.16. The third kappa shape index (κ3) is 5.91. The molecular formula is C24H23FN2O3. The molecule has 3 rings (SSSR count). The van der Waals surface area contributed by atoms with E-state index in [4.69, 9.17) is 4.74 Å². The molecular weight excluding hydrogens is 383 g/mol. The van der Waals surface area contributed by atoms with Gasteiger partial charge in [-0.2, -0.15) is 0 Å². The number of hydrogen-bond donors (Lipinski definition) is 2. The normalized spacial score (nSPS) is 10.3. The second-order valence-electron chi connectivity index (χ2n) is 6.73. The zero-order chi connectivity index (χ0) is 21.3. The Morgan fingerprint density at radius 2 is 1.47 bits per heavy atom. The van der Waals surface area contributed by atoms with Crippen LogP contribution in [0.2, 0.25) is 0 Å². The largest absolute Gasteiger partial charge is 0.494 e. The van der Waals surface area contributed by atoms with Gasteiger partial charge in [-0.15, -0.1) is 0 Å². The Bertz CT molecular complexity index is 1020. The Balaban J connectivity index is 1.66. The average molecular weight is 406 g/mol. The molecule has 0 bridgehead atoms. The molecule has 0 saturated carbocycles. The Labute approximate surface area is 174 Å². The van der Waals surface area contributed by atoms with E-state index in [0.717, 1.165) is 12.8 Å². The van der Waals surface area contributed by atoms with Gasteiger partial charge < -0.3 is 15.4 Å². The summed E-state index contributed by atoms with van der Waals surface area (Å²) in [6.45, 7) is 2.69. The molecule has 0 saturated heterocycles. The van der Waals surface area contributed by atoms with Gasteiger partial charge in [-0.1, -0.05) is 25.5 Å². The molecule has 3 aromatic carbocycles. The zero-order valence-electron chi connectivity index (χ0n) is 16.7. The standard InChI is InChI=1S/C24H23FN2O3/c1-2-3-14-30-22-9-5-7-18(16-22)24(29)27-21-8-4-6-17(15-21)23(28)26-20-12-10-19(25)11-13-20/h4-13,15-16H,2-3,14H2,1H3,(H,26,28)(H,27,29). The summed E-state index contributed by atoms with van der Waals surface area (Å²) in [5.74, 6) is -0.392. The number of carbonyl (C=O) groups is 2. The van der Waals surface area contributed by atoms with E-state index in [1.807, 2.05) is 6.07 Å². The predicted molar refractivity (Wildman–Crippen MR) is 116 cm³/mol. The molecule has 0 aliphatic carbocycles. The molecule has 0 unspecified atom stereocenters. The highest BCUT2D eigenvalue weighted by molar-refractivity contribution is 6.07. The van der Waals surface area contributed by atoms with E-state index in [1.165, 1.54) is 24.3 Å². The molecule has 0 fully saturated rings. The third-order valence-corrected chi connectivity index (χ3v) is 4.35. The first-order chi connectivity index (χ1) is 14.5. The molecule has 0 spiro atoms. The van der Waals surface area contributed by atoms with Gasteiger partial charge in [0.25, 0.3) is 11.8 Å². The minimum Gasteiger partial charge on any atom is -0.494 e. The number of amides is 2. The SMILES string of the molecule is CCCCOc1cccc(C(=O)Nc2cccc(C(=O)Nc3ccc(F)cc3)c2)c1. The maximum atomic E-state index is 13.0. The molecule has 5 nitrogen and oxygen atoms in total. The van der Waals surface area contributed by atoms with Crippen LogP contribution < -0.4 is 15.4 Å². The van der Waals surface area contributed by atoms with E-state index < -0.39 is 0 Å². The highest BCUT2D eigenvalue weighted by Gasteiger charge is 2.11. The first-order valence-corrected chi connectivity index (χ1v) is 9.76. The van der Waals surface area contributed by atoms with Crippen molar-refractivity contribution in [3.63, 3.8) is 0 Å². The zero-order valence-corrected chi connectivity index (χ0v) is 16.7. The quantitative estimate of drug-likeness (QED) is 0.485. The number of rotatable bonds is 8. The van der Waals surface area contributed by atoms with E-state index >= 15 is 0 Å². The van der Waals surface area contributed by atoms with Crippen LogP contribution in [0, 0.1) is 5.82 Å². The summed E-state index contributed by atoms with van der Waals surface area (Å²) >= 11 is 0. The first-order valence-electron chi connectivity index (χ1n) is 9.76. The minimum atomic E-state index is -0.377. The number of anilines is 2. The van der Waals surface area contributed by atoms with Crippen molar-refractivity contribution in [3.8, 4) is 5.75 Å². The minimum absolute atomic E-state index is 0.299. The molecule has 2 N–H and O–H groups in total. The Hall–Kier alpha value is -3.67. The lowest BCUT2D eigenvalue weighted by Gasteiger charge is -2.10. The summed E-state index contributed by atoms with van der Waals surface area (Å²) in [5.41, 5.74) is 1.80. The van der Waals surface area contributed by atoms with Crippen LogP contribution >= 0.6 is 0 Å². The van der Waals surface area contributed by atoms with E-state index in [2.05, 4.69) is 17.6 Å². The molecule has 0 aliphatic rings. The van der Waals surface area contributed by atoms with Crippen LogP contribution in [-0.2, 0) is 0 Å². The molecule has 154 valence electrons. The van der Waals surface area contributed by atoms with E-state index in [-0.39, 0.29) is 17.6 Å². The first kappa shape index (κ1) is 21.0. The van der Waals surface area contributed by atoms with Crippen LogP contribution in [0.15, 0.2) is 72.8 Å². The third-order valence-electron chi connectivity index (χ3n) is 4.35. The number of carbonyl (C=O) groups excluding carboxylic acids is 2. The topological polar surface area (TPSA) is 67.4 Å². The van der Waals surface area contributed by atoms with Gasteiger partial charge in [-0.3, -0.25) is 9.59 Å². The summed E-state index contributed by atoms with van der Waals surface area (Å²) in [7, 11) is 0. The van der Waals surface area contributed by atoms with Crippen LogP contribution in [0.3, 0.4) is 0 Å². The van der Waals surface area contributed by atoms with Crippen molar-refractivity contribution >= 4 is 23.2 Å². The molecule has 0 radical (unpaired) electrons. The van der Waals surface area contributed by atoms with E-state index in [1.54, 1.807) is 42.5 Å². The van der Waals surface area contributed by atoms with Crippen molar-refractivity contribution in [1.82, 2.24) is 0 Å². The molecule has 6 heteroatoms. The van der Waals surface area contributed by atoms with Crippen molar-refractivity contribution in [1.29, 1.82) is 0 Å². The number of ether oxygens (including phenoxy) is 1. The van der Waals surface area contributed by atoms with Crippen molar-refractivity contribution < 1.29 is 18.7 Å². The molecule has 0 heterocycles. The Morgan fingerprint density at radius 1 is 0.833 bits per heavy atom. The van der Waals surface area contributed by atoms with Gasteiger partial charge in [-0.25, -0.2) is 4.39 Å². The van der Waals surface area contributed by atoms with Crippen molar-refractivity contribution in [2.75, 3.05) is 17.2 Å². The van der Waals surface area contributed by atoms with E-state index in [9.17, 15) is 14.0 Å². The molecule has 0 atom stereocenters. The number of halogens is 1. The maximum Gasteiger partial charge on any atom is 0.255 e. The van der Waals surface area contributed by atoms with Crippen LogP contribution in [0.1, 0.15) is 40.5 Å². The molecule has 2 amide bonds. The maximum absolute atomic E-state index is 13.0. The summed E-state index contributed by atoms with van der Waals surface area (Å²) < 4.78 is 18.6. The van der Waals surface area contributed by atoms with Gasteiger partial charge in [0, 0.05) is 22.5 Å². The second-order valence-corrected chi connectivity index (χ2v) is 6.73. The summed E-state index contributed by atoms with van der Waals surface area (Å²) in [4.78, 5) is 25.0. The number of unbranched alkanes of at least 4 members (excludes halogenated alkanes) is 1. The van der Waals surface area contributed by atoms with Gasteiger partial charge >= 0.3 is 0 Å². The summed E-state index contributed by atoms with van der Waals surface area (Å²) in [6, 6.07) is 19.1. The van der Waals surface area contributed by atoms with Gasteiger partial charge in [-0.05, 0) is 67.1 Å². The molecule has 0 aromatic heterocycles. The van der Waals surface area contributed by atoms with Gasteiger partial charge in [0.05, 0.1) is 6.61 Å². The number of hydrogen-bond acceptors (Lipinski definition) is 3. The van der Waals surface area contributed by atoms with E-state index in [0.29, 0.717) is 34.9 Å². The highest BCUT2D eigenvalue weighted by atomic mass is 19.1. The highest BCUT2D eigenvalue weighted by Crippen LogP contribution is 2.18. The van der Waals surface area contributed by atoms with Crippen LogP contribution in [0.5, 0.6) is 5.75 Å². The fourth-order valence-corrected chi connectivity index (χ4v) is 2.74. The molecule has 3 aromatic rings. The lowest BCUT2D eigenvalue weighted by atomic mass is 10.1.